The number of aromatic nitrogens is 2. The van der Waals surface area contributed by atoms with Gasteiger partial charge in [-0.25, -0.2) is 4.39 Å². The third-order valence-corrected chi connectivity index (χ3v) is 5.12. The molecule has 4 rings (SSSR count). The topological polar surface area (TPSA) is 45.4 Å². The van der Waals surface area contributed by atoms with Crippen molar-refractivity contribution < 1.29 is 8.91 Å². The van der Waals surface area contributed by atoms with Crippen LogP contribution in [-0.2, 0) is 13.1 Å². The molecule has 0 bridgehead atoms. The zero-order chi connectivity index (χ0) is 19.3. The second-order valence-corrected chi connectivity index (χ2v) is 7.49. The Morgan fingerprint density at radius 1 is 0.964 bits per heavy atom. The maximum Gasteiger partial charge on any atom is 0.241 e. The standard InChI is InChI=1S/C21H22ClFN4O/c22-18-6-2-5-17(13-18)21-24-20(28-25-21)15-27-9-3-8-26(10-11-27)14-16-4-1-7-19(23)12-16/h1-2,4-7,12-13H,3,8-11,14-15H2. The molecular weight excluding hydrogens is 379 g/mol. The van der Waals surface area contributed by atoms with Crippen molar-refractivity contribution in [2.75, 3.05) is 26.2 Å². The van der Waals surface area contributed by atoms with Crippen molar-refractivity contribution in [2.24, 2.45) is 0 Å². The van der Waals surface area contributed by atoms with Crippen LogP contribution in [0.1, 0.15) is 17.9 Å². The molecule has 0 amide bonds. The molecular formula is C21H22ClFN4O. The lowest BCUT2D eigenvalue weighted by molar-refractivity contribution is 0.222. The normalized spacial score (nSPS) is 16.2. The van der Waals surface area contributed by atoms with Crippen LogP contribution in [0.5, 0.6) is 0 Å². The highest BCUT2D eigenvalue weighted by atomic mass is 35.5. The lowest BCUT2D eigenvalue weighted by Gasteiger charge is -2.21. The molecule has 28 heavy (non-hydrogen) atoms. The van der Waals surface area contributed by atoms with Crippen molar-refractivity contribution in [1.82, 2.24) is 19.9 Å². The average Bonchev–Trinajstić information content (AvgIpc) is 3.03. The van der Waals surface area contributed by atoms with E-state index in [1.165, 1.54) is 6.07 Å². The van der Waals surface area contributed by atoms with E-state index >= 15 is 0 Å². The van der Waals surface area contributed by atoms with Gasteiger partial charge in [0.2, 0.25) is 11.7 Å². The van der Waals surface area contributed by atoms with Gasteiger partial charge in [-0.3, -0.25) is 9.80 Å². The van der Waals surface area contributed by atoms with Crippen molar-refractivity contribution in [3.05, 3.63) is 70.8 Å². The van der Waals surface area contributed by atoms with E-state index in [2.05, 4.69) is 19.9 Å². The summed E-state index contributed by atoms with van der Waals surface area (Å²) in [6.45, 7) is 5.18. The molecule has 2 aromatic carbocycles. The molecule has 0 N–H and O–H groups in total. The number of rotatable bonds is 5. The maximum atomic E-state index is 13.4. The summed E-state index contributed by atoms with van der Waals surface area (Å²) in [5.41, 5.74) is 1.86. The van der Waals surface area contributed by atoms with Gasteiger partial charge in [0.1, 0.15) is 5.82 Å². The van der Waals surface area contributed by atoms with Crippen LogP contribution in [0.3, 0.4) is 0 Å². The zero-order valence-corrected chi connectivity index (χ0v) is 16.3. The average molecular weight is 401 g/mol. The van der Waals surface area contributed by atoms with Gasteiger partial charge in [0.05, 0.1) is 6.54 Å². The third kappa shape index (κ3) is 4.95. The first kappa shape index (κ1) is 19.1. The van der Waals surface area contributed by atoms with Crippen LogP contribution in [0.25, 0.3) is 11.4 Å². The van der Waals surface area contributed by atoms with E-state index in [9.17, 15) is 4.39 Å². The lowest BCUT2D eigenvalue weighted by atomic mass is 10.2. The summed E-state index contributed by atoms with van der Waals surface area (Å²) in [5.74, 6) is 0.981. The van der Waals surface area contributed by atoms with Crippen LogP contribution in [0.15, 0.2) is 53.1 Å². The molecule has 0 radical (unpaired) electrons. The molecule has 1 aliphatic heterocycles. The summed E-state index contributed by atoms with van der Waals surface area (Å²) in [5, 5.41) is 4.73. The summed E-state index contributed by atoms with van der Waals surface area (Å²) < 4.78 is 18.8. The Balaban J connectivity index is 1.34. The lowest BCUT2D eigenvalue weighted by Crippen LogP contribution is -2.30. The van der Waals surface area contributed by atoms with Crippen LogP contribution in [0, 0.1) is 5.82 Å². The Bertz CT molecular complexity index is 932. The molecule has 0 aliphatic carbocycles. The highest BCUT2D eigenvalue weighted by Crippen LogP contribution is 2.20. The molecule has 3 aromatic rings. The molecule has 7 heteroatoms. The Hall–Kier alpha value is -2.28. The van der Waals surface area contributed by atoms with Gasteiger partial charge >= 0.3 is 0 Å². The van der Waals surface area contributed by atoms with Gasteiger partial charge in [-0.2, -0.15) is 4.98 Å². The second-order valence-electron chi connectivity index (χ2n) is 7.06. The number of nitrogens with zero attached hydrogens (tertiary/aromatic N) is 4. The first-order valence-corrected chi connectivity index (χ1v) is 9.81. The van der Waals surface area contributed by atoms with E-state index in [0.29, 0.717) is 23.3 Å². The number of halogens is 2. The molecule has 146 valence electrons. The van der Waals surface area contributed by atoms with Crippen molar-refractivity contribution in [3.8, 4) is 11.4 Å². The van der Waals surface area contributed by atoms with Crippen molar-refractivity contribution >= 4 is 11.6 Å². The van der Waals surface area contributed by atoms with Gasteiger partial charge in [-0.1, -0.05) is 41.0 Å². The van der Waals surface area contributed by atoms with Gasteiger partial charge in [-0.15, -0.1) is 0 Å². The smallest absolute Gasteiger partial charge is 0.241 e. The van der Waals surface area contributed by atoms with E-state index < -0.39 is 0 Å². The molecule has 0 spiro atoms. The molecule has 0 saturated carbocycles. The zero-order valence-electron chi connectivity index (χ0n) is 15.5. The molecule has 0 unspecified atom stereocenters. The minimum absolute atomic E-state index is 0.180. The van der Waals surface area contributed by atoms with Crippen LogP contribution in [-0.4, -0.2) is 46.1 Å². The van der Waals surface area contributed by atoms with Crippen molar-refractivity contribution in [1.29, 1.82) is 0 Å². The molecule has 5 nitrogen and oxygen atoms in total. The molecule has 2 heterocycles. The van der Waals surface area contributed by atoms with Crippen LogP contribution < -0.4 is 0 Å². The van der Waals surface area contributed by atoms with E-state index in [0.717, 1.165) is 50.3 Å². The molecule has 0 atom stereocenters. The van der Waals surface area contributed by atoms with E-state index in [1.54, 1.807) is 12.1 Å². The van der Waals surface area contributed by atoms with Crippen LogP contribution in [0.4, 0.5) is 4.39 Å². The van der Waals surface area contributed by atoms with E-state index in [-0.39, 0.29) is 5.82 Å². The van der Waals surface area contributed by atoms with Gasteiger partial charge in [0.25, 0.3) is 0 Å². The van der Waals surface area contributed by atoms with Gasteiger partial charge in [-0.05, 0) is 49.3 Å². The largest absolute Gasteiger partial charge is 0.338 e. The first-order chi connectivity index (χ1) is 13.7. The van der Waals surface area contributed by atoms with E-state index in [4.69, 9.17) is 16.1 Å². The van der Waals surface area contributed by atoms with Gasteiger partial charge in [0, 0.05) is 30.2 Å². The first-order valence-electron chi connectivity index (χ1n) is 9.43. The third-order valence-electron chi connectivity index (χ3n) is 4.89. The monoisotopic (exact) mass is 400 g/mol. The molecule has 1 aliphatic rings. The predicted molar refractivity (Wildman–Crippen MR) is 106 cm³/mol. The summed E-state index contributed by atoms with van der Waals surface area (Å²) in [7, 11) is 0. The minimum atomic E-state index is -0.180. The number of hydrogen-bond acceptors (Lipinski definition) is 5. The number of benzene rings is 2. The fourth-order valence-electron chi connectivity index (χ4n) is 3.49. The van der Waals surface area contributed by atoms with Gasteiger partial charge < -0.3 is 4.52 Å². The fourth-order valence-corrected chi connectivity index (χ4v) is 3.68. The quantitative estimate of drug-likeness (QED) is 0.641. The second kappa shape index (κ2) is 8.82. The summed E-state index contributed by atoms with van der Waals surface area (Å²) in [6.07, 6.45) is 1.05. The molecule has 1 fully saturated rings. The number of hydrogen-bond donors (Lipinski definition) is 0. The minimum Gasteiger partial charge on any atom is -0.338 e. The Labute approximate surface area is 168 Å². The van der Waals surface area contributed by atoms with Crippen LogP contribution in [0.2, 0.25) is 5.02 Å². The highest BCUT2D eigenvalue weighted by Gasteiger charge is 2.18. The molecule has 1 aromatic heterocycles. The summed E-state index contributed by atoms with van der Waals surface area (Å²) in [6, 6.07) is 14.3. The maximum absolute atomic E-state index is 13.4. The SMILES string of the molecule is Fc1cccc(CN2CCCN(Cc3nc(-c4cccc(Cl)c4)no3)CC2)c1. The van der Waals surface area contributed by atoms with E-state index in [1.807, 2.05) is 30.3 Å². The fraction of sp³-hybridized carbons (Fsp3) is 0.333. The van der Waals surface area contributed by atoms with Crippen LogP contribution >= 0.6 is 11.6 Å². The van der Waals surface area contributed by atoms with Crippen molar-refractivity contribution in [2.45, 2.75) is 19.5 Å². The Morgan fingerprint density at radius 2 is 1.75 bits per heavy atom. The Morgan fingerprint density at radius 3 is 2.54 bits per heavy atom. The molecule has 1 saturated heterocycles. The predicted octanol–water partition coefficient (Wildman–Crippen LogP) is 4.24. The Kier molecular flexibility index (Phi) is 6.00. The van der Waals surface area contributed by atoms with Gasteiger partial charge in [0.15, 0.2) is 0 Å². The summed E-state index contributed by atoms with van der Waals surface area (Å²) >= 11 is 6.04. The van der Waals surface area contributed by atoms with Crippen molar-refractivity contribution in [3.63, 3.8) is 0 Å². The summed E-state index contributed by atoms with van der Waals surface area (Å²) in [4.78, 5) is 9.19. The highest BCUT2D eigenvalue weighted by molar-refractivity contribution is 6.30.